The summed E-state index contributed by atoms with van der Waals surface area (Å²) in [6.45, 7) is 3.49. The third-order valence-corrected chi connectivity index (χ3v) is 2.21. The number of phenols is 1. The first-order valence-corrected chi connectivity index (χ1v) is 4.67. The lowest BCUT2D eigenvalue weighted by Gasteiger charge is -2.04. The maximum Gasteiger partial charge on any atom is 0.259 e. The molecule has 4 heteroatoms. The minimum absolute atomic E-state index is 0.107. The van der Waals surface area contributed by atoms with Gasteiger partial charge < -0.3 is 10.8 Å². The van der Waals surface area contributed by atoms with Crippen LogP contribution >= 0.6 is 0 Å². The van der Waals surface area contributed by atoms with E-state index in [1.165, 1.54) is 6.08 Å². The molecule has 0 fully saturated rings. The van der Waals surface area contributed by atoms with Gasteiger partial charge in [0.2, 0.25) is 0 Å². The van der Waals surface area contributed by atoms with Gasteiger partial charge in [0.1, 0.15) is 17.4 Å². The summed E-state index contributed by atoms with van der Waals surface area (Å²) in [4.78, 5) is 10.9. The lowest BCUT2D eigenvalue weighted by Crippen LogP contribution is -2.12. The molecule has 1 aromatic rings. The second kappa shape index (κ2) is 4.49. The standard InChI is InChI=1S/C12H12N2O2/c1-7-3-9(4-8(2)11(7)15)5-10(6-13)12(14)16/h3-5,15H,1-2H3,(H2,14,16)/b10-5+. The number of nitrogens with two attached hydrogens (primary N) is 1. The van der Waals surface area contributed by atoms with Gasteiger partial charge in [-0.15, -0.1) is 0 Å². The first-order valence-electron chi connectivity index (χ1n) is 4.67. The molecule has 0 saturated carbocycles. The Hall–Kier alpha value is -2.28. The molecule has 0 atom stereocenters. The first-order chi connectivity index (χ1) is 7.45. The van der Waals surface area contributed by atoms with Gasteiger partial charge in [-0.3, -0.25) is 4.79 Å². The molecule has 0 bridgehead atoms. The highest BCUT2D eigenvalue weighted by molar-refractivity contribution is 6.00. The van der Waals surface area contributed by atoms with Crippen LogP contribution in [0.2, 0.25) is 0 Å². The number of hydrogen-bond acceptors (Lipinski definition) is 3. The monoisotopic (exact) mass is 216 g/mol. The Kier molecular flexibility index (Phi) is 3.31. The Morgan fingerprint density at radius 1 is 1.44 bits per heavy atom. The molecule has 0 radical (unpaired) electrons. The van der Waals surface area contributed by atoms with E-state index >= 15 is 0 Å². The summed E-state index contributed by atoms with van der Waals surface area (Å²) in [5.74, 6) is -0.541. The van der Waals surface area contributed by atoms with Gasteiger partial charge in [0.25, 0.3) is 5.91 Å². The van der Waals surface area contributed by atoms with Crippen LogP contribution in [0.25, 0.3) is 6.08 Å². The summed E-state index contributed by atoms with van der Waals surface area (Å²) in [5, 5.41) is 18.2. The number of carbonyl (C=O) groups is 1. The van der Waals surface area contributed by atoms with E-state index in [1.807, 2.05) is 0 Å². The summed E-state index contributed by atoms with van der Waals surface area (Å²) in [6.07, 6.45) is 1.40. The number of nitrogens with zero attached hydrogens (tertiary/aromatic N) is 1. The minimum Gasteiger partial charge on any atom is -0.507 e. The first kappa shape index (κ1) is 11.8. The molecule has 16 heavy (non-hydrogen) atoms. The van der Waals surface area contributed by atoms with Crippen molar-refractivity contribution in [2.45, 2.75) is 13.8 Å². The van der Waals surface area contributed by atoms with E-state index in [9.17, 15) is 9.90 Å². The number of aryl methyl sites for hydroxylation is 2. The van der Waals surface area contributed by atoms with Crippen molar-refractivity contribution >= 4 is 12.0 Å². The SMILES string of the molecule is Cc1cc(/C=C(\C#N)C(N)=O)cc(C)c1O. The fourth-order valence-electron chi connectivity index (χ4n) is 1.40. The smallest absolute Gasteiger partial charge is 0.259 e. The van der Waals surface area contributed by atoms with E-state index in [-0.39, 0.29) is 11.3 Å². The van der Waals surface area contributed by atoms with Gasteiger partial charge in [-0.1, -0.05) is 0 Å². The number of aromatic hydroxyl groups is 1. The second-order valence-electron chi connectivity index (χ2n) is 3.54. The van der Waals surface area contributed by atoms with Crippen LogP contribution in [0, 0.1) is 25.2 Å². The molecule has 1 aromatic carbocycles. The van der Waals surface area contributed by atoms with Crippen molar-refractivity contribution in [1.82, 2.24) is 0 Å². The highest BCUT2D eigenvalue weighted by Gasteiger charge is 2.06. The fraction of sp³-hybridized carbons (Fsp3) is 0.167. The molecule has 1 amide bonds. The van der Waals surface area contributed by atoms with Crippen molar-refractivity contribution in [2.24, 2.45) is 5.73 Å². The van der Waals surface area contributed by atoms with Gasteiger partial charge >= 0.3 is 0 Å². The molecule has 0 spiro atoms. The topological polar surface area (TPSA) is 87.1 Å². The van der Waals surface area contributed by atoms with E-state index in [2.05, 4.69) is 0 Å². The number of primary amides is 1. The number of carbonyl (C=O) groups excluding carboxylic acids is 1. The fourth-order valence-corrected chi connectivity index (χ4v) is 1.40. The maximum absolute atomic E-state index is 10.9. The predicted octanol–water partition coefficient (Wildman–Crippen LogP) is 1.40. The maximum atomic E-state index is 10.9. The van der Waals surface area contributed by atoms with Crippen LogP contribution in [0.1, 0.15) is 16.7 Å². The van der Waals surface area contributed by atoms with Crippen molar-refractivity contribution in [2.75, 3.05) is 0 Å². The summed E-state index contributed by atoms with van der Waals surface area (Å²) in [5.41, 5.74) is 6.96. The van der Waals surface area contributed by atoms with Crippen molar-refractivity contribution in [3.8, 4) is 11.8 Å². The Morgan fingerprint density at radius 2 is 1.94 bits per heavy atom. The molecule has 4 nitrogen and oxygen atoms in total. The van der Waals surface area contributed by atoms with E-state index in [0.717, 1.165) is 0 Å². The minimum atomic E-state index is -0.758. The van der Waals surface area contributed by atoms with Crippen molar-refractivity contribution in [3.05, 3.63) is 34.4 Å². The van der Waals surface area contributed by atoms with Crippen molar-refractivity contribution in [1.29, 1.82) is 5.26 Å². The van der Waals surface area contributed by atoms with Gasteiger partial charge in [0.05, 0.1) is 0 Å². The summed E-state index contributed by atoms with van der Waals surface area (Å²) >= 11 is 0. The van der Waals surface area contributed by atoms with Crippen LogP contribution in [-0.4, -0.2) is 11.0 Å². The van der Waals surface area contributed by atoms with Gasteiger partial charge in [0.15, 0.2) is 0 Å². The zero-order chi connectivity index (χ0) is 12.3. The van der Waals surface area contributed by atoms with Gasteiger partial charge in [-0.2, -0.15) is 5.26 Å². The largest absolute Gasteiger partial charge is 0.507 e. The summed E-state index contributed by atoms with van der Waals surface area (Å²) in [6, 6.07) is 5.09. The predicted molar refractivity (Wildman–Crippen MR) is 60.4 cm³/mol. The van der Waals surface area contributed by atoms with E-state index < -0.39 is 5.91 Å². The van der Waals surface area contributed by atoms with Crippen LogP contribution in [0.15, 0.2) is 17.7 Å². The van der Waals surface area contributed by atoms with Crippen LogP contribution in [0.4, 0.5) is 0 Å². The molecule has 82 valence electrons. The summed E-state index contributed by atoms with van der Waals surface area (Å²) in [7, 11) is 0. The molecule has 0 aliphatic heterocycles. The molecule has 0 unspecified atom stereocenters. The molecular formula is C12H12N2O2. The highest BCUT2D eigenvalue weighted by atomic mass is 16.3. The summed E-state index contributed by atoms with van der Waals surface area (Å²) < 4.78 is 0. The van der Waals surface area contributed by atoms with Crippen LogP contribution in [0.5, 0.6) is 5.75 Å². The van der Waals surface area contributed by atoms with Gasteiger partial charge in [-0.05, 0) is 48.7 Å². The van der Waals surface area contributed by atoms with Crippen molar-refractivity contribution in [3.63, 3.8) is 0 Å². The van der Waals surface area contributed by atoms with Crippen molar-refractivity contribution < 1.29 is 9.90 Å². The molecule has 0 heterocycles. The highest BCUT2D eigenvalue weighted by Crippen LogP contribution is 2.23. The van der Waals surface area contributed by atoms with E-state index in [1.54, 1.807) is 32.0 Å². The van der Waals surface area contributed by atoms with Gasteiger partial charge in [-0.25, -0.2) is 0 Å². The zero-order valence-corrected chi connectivity index (χ0v) is 9.11. The Morgan fingerprint density at radius 3 is 2.31 bits per heavy atom. The van der Waals surface area contributed by atoms with E-state index in [4.69, 9.17) is 11.0 Å². The Labute approximate surface area is 93.6 Å². The normalized spacial score (nSPS) is 10.9. The molecule has 0 saturated heterocycles. The van der Waals surface area contributed by atoms with Crippen LogP contribution in [0.3, 0.4) is 0 Å². The van der Waals surface area contributed by atoms with E-state index in [0.29, 0.717) is 16.7 Å². The number of phenolic OH excluding ortho intramolecular Hbond substituents is 1. The third-order valence-electron chi connectivity index (χ3n) is 2.21. The Balaban J connectivity index is 3.27. The van der Waals surface area contributed by atoms with Crippen LogP contribution in [-0.2, 0) is 4.79 Å². The lowest BCUT2D eigenvalue weighted by molar-refractivity contribution is -0.114. The average Bonchev–Trinajstić information content (AvgIpc) is 2.21. The Bertz CT molecular complexity index is 487. The number of rotatable bonds is 2. The molecule has 0 aliphatic rings. The molecule has 0 aliphatic carbocycles. The average molecular weight is 216 g/mol. The number of amides is 1. The number of benzene rings is 1. The lowest BCUT2D eigenvalue weighted by atomic mass is 10.0. The molecule has 3 N–H and O–H groups in total. The zero-order valence-electron chi connectivity index (χ0n) is 9.11. The molecule has 1 rings (SSSR count). The quantitative estimate of drug-likeness (QED) is 0.578. The number of nitriles is 1. The van der Waals surface area contributed by atoms with Gasteiger partial charge in [0, 0.05) is 0 Å². The second-order valence-corrected chi connectivity index (χ2v) is 3.54. The number of hydrogen-bond donors (Lipinski definition) is 2. The van der Waals surface area contributed by atoms with Crippen LogP contribution < -0.4 is 5.73 Å². The third kappa shape index (κ3) is 2.39. The molecular weight excluding hydrogens is 204 g/mol. The molecule has 0 aromatic heterocycles.